The summed E-state index contributed by atoms with van der Waals surface area (Å²) >= 11 is 0. The van der Waals surface area contributed by atoms with Crippen LogP contribution in [0.15, 0.2) is 52.9 Å². The number of Topliss-reactive ketones (excluding diaryl/α,β-unsaturated/α-hetero) is 1. The fourth-order valence-corrected chi connectivity index (χ4v) is 4.22. The molecular weight excluding hydrogens is 367 g/mol. The van der Waals surface area contributed by atoms with Crippen molar-refractivity contribution in [2.75, 3.05) is 26.2 Å². The Balaban J connectivity index is 1.44. The van der Waals surface area contributed by atoms with Crippen molar-refractivity contribution < 1.29 is 13.6 Å². The summed E-state index contributed by atoms with van der Waals surface area (Å²) in [5.41, 5.74) is 2.51. The Morgan fingerprint density at radius 1 is 1.14 bits per heavy atom. The van der Waals surface area contributed by atoms with Crippen LogP contribution in [0.4, 0.5) is 4.39 Å². The smallest absolute Gasteiger partial charge is 0.212 e. The van der Waals surface area contributed by atoms with Crippen molar-refractivity contribution in [3.8, 4) is 0 Å². The van der Waals surface area contributed by atoms with Crippen LogP contribution < -0.4 is 5.32 Å². The summed E-state index contributed by atoms with van der Waals surface area (Å²) in [6, 6.07) is 15.0. The van der Waals surface area contributed by atoms with Gasteiger partial charge in [-0.3, -0.25) is 9.69 Å². The molecule has 1 atom stereocenters. The zero-order valence-electron chi connectivity index (χ0n) is 16.8. The summed E-state index contributed by atoms with van der Waals surface area (Å²) in [5.74, 6) is -0.123. The molecule has 29 heavy (non-hydrogen) atoms. The number of carbonyl (C=O) groups excluding carboxylic acids is 1. The number of fused-ring (bicyclic) bond motifs is 1. The molecule has 4 rings (SSSR count). The molecule has 5 heteroatoms. The molecule has 1 fully saturated rings. The first-order valence-corrected chi connectivity index (χ1v) is 10.3. The maximum atomic E-state index is 13.5. The number of ketones is 1. The number of rotatable bonds is 7. The average Bonchev–Trinajstić information content (AvgIpc) is 3.08. The number of benzene rings is 2. The highest BCUT2D eigenvalue weighted by Gasteiger charge is 2.23. The number of aryl methyl sites for hydroxylation is 1. The highest BCUT2D eigenvalue weighted by atomic mass is 19.1. The fraction of sp³-hybridized carbons (Fsp3) is 0.375. The highest BCUT2D eigenvalue weighted by molar-refractivity contribution is 6.01. The van der Waals surface area contributed by atoms with Gasteiger partial charge in [-0.25, -0.2) is 4.39 Å². The van der Waals surface area contributed by atoms with Gasteiger partial charge < -0.3 is 9.73 Å². The van der Waals surface area contributed by atoms with E-state index in [0.29, 0.717) is 28.8 Å². The zero-order chi connectivity index (χ0) is 20.2. The highest BCUT2D eigenvalue weighted by Crippen LogP contribution is 2.27. The molecule has 1 aromatic heterocycles. The molecule has 2 heterocycles. The third-order valence-corrected chi connectivity index (χ3v) is 5.79. The first kappa shape index (κ1) is 19.8. The minimum atomic E-state index is -0.328. The Bertz CT molecular complexity index is 977. The monoisotopic (exact) mass is 394 g/mol. The quantitative estimate of drug-likeness (QED) is 0.580. The first-order valence-electron chi connectivity index (χ1n) is 10.3. The van der Waals surface area contributed by atoms with Gasteiger partial charge in [0.1, 0.15) is 11.4 Å². The SMILES string of the molecule is Cc1c(C(=O)CNCC(c2ccccc2)N2CCCCC2)oc2ccc(F)cc12. The van der Waals surface area contributed by atoms with Gasteiger partial charge in [0.2, 0.25) is 5.78 Å². The summed E-state index contributed by atoms with van der Waals surface area (Å²) in [5, 5.41) is 3.99. The molecule has 1 unspecified atom stereocenters. The number of nitrogens with zero attached hydrogens (tertiary/aromatic N) is 1. The van der Waals surface area contributed by atoms with Crippen LogP contribution in [0, 0.1) is 12.7 Å². The van der Waals surface area contributed by atoms with Gasteiger partial charge in [0.15, 0.2) is 5.76 Å². The summed E-state index contributed by atoms with van der Waals surface area (Å²) in [6.07, 6.45) is 3.73. The van der Waals surface area contributed by atoms with E-state index in [2.05, 4.69) is 34.5 Å². The second-order valence-electron chi connectivity index (χ2n) is 7.77. The van der Waals surface area contributed by atoms with E-state index < -0.39 is 0 Å². The lowest BCUT2D eigenvalue weighted by Crippen LogP contribution is -2.40. The minimum Gasteiger partial charge on any atom is -0.453 e. The molecule has 0 bridgehead atoms. The number of hydrogen-bond donors (Lipinski definition) is 1. The van der Waals surface area contributed by atoms with Crippen molar-refractivity contribution >= 4 is 16.8 Å². The summed E-state index contributed by atoms with van der Waals surface area (Å²) < 4.78 is 19.2. The van der Waals surface area contributed by atoms with Crippen LogP contribution >= 0.6 is 0 Å². The molecule has 1 N–H and O–H groups in total. The topological polar surface area (TPSA) is 45.5 Å². The molecule has 0 amide bonds. The zero-order valence-corrected chi connectivity index (χ0v) is 16.8. The van der Waals surface area contributed by atoms with E-state index in [1.165, 1.54) is 37.0 Å². The number of furan rings is 1. The van der Waals surface area contributed by atoms with Crippen molar-refractivity contribution in [1.29, 1.82) is 0 Å². The molecule has 0 aliphatic carbocycles. The molecule has 0 saturated carbocycles. The third-order valence-electron chi connectivity index (χ3n) is 5.79. The molecule has 1 aliphatic heterocycles. The Labute approximate surface area is 170 Å². The summed E-state index contributed by atoms with van der Waals surface area (Å²) in [7, 11) is 0. The van der Waals surface area contributed by atoms with Crippen LogP contribution in [0.5, 0.6) is 0 Å². The van der Waals surface area contributed by atoms with Crippen molar-refractivity contribution in [3.63, 3.8) is 0 Å². The van der Waals surface area contributed by atoms with E-state index in [1.807, 2.05) is 6.07 Å². The van der Waals surface area contributed by atoms with Crippen molar-refractivity contribution in [2.45, 2.75) is 32.2 Å². The third kappa shape index (κ3) is 4.41. The van der Waals surface area contributed by atoms with Gasteiger partial charge >= 0.3 is 0 Å². The number of nitrogens with one attached hydrogen (secondary N) is 1. The van der Waals surface area contributed by atoms with E-state index >= 15 is 0 Å². The summed E-state index contributed by atoms with van der Waals surface area (Å²) in [4.78, 5) is 15.3. The predicted octanol–water partition coefficient (Wildman–Crippen LogP) is 4.88. The first-order chi connectivity index (χ1) is 14.1. The standard InChI is InChI=1S/C24H27FN2O2/c1-17-20-14-19(25)10-11-23(20)29-24(17)22(28)16-26-15-21(18-8-4-2-5-9-18)27-12-6-3-7-13-27/h2,4-5,8-11,14,21,26H,3,6-7,12-13,15-16H2,1H3. The molecule has 152 valence electrons. The molecule has 3 aromatic rings. The lowest BCUT2D eigenvalue weighted by Gasteiger charge is -2.35. The van der Waals surface area contributed by atoms with Crippen LogP contribution in [0.3, 0.4) is 0 Å². The van der Waals surface area contributed by atoms with Crippen LogP contribution in [0.25, 0.3) is 11.0 Å². The minimum absolute atomic E-state index is 0.107. The average molecular weight is 394 g/mol. The molecule has 1 saturated heterocycles. The Hall–Kier alpha value is -2.50. The van der Waals surface area contributed by atoms with Crippen molar-refractivity contribution in [1.82, 2.24) is 10.2 Å². The molecule has 4 nitrogen and oxygen atoms in total. The molecule has 1 aliphatic rings. The number of piperidine rings is 1. The second-order valence-corrected chi connectivity index (χ2v) is 7.77. The number of hydrogen-bond acceptors (Lipinski definition) is 4. The van der Waals surface area contributed by atoms with Crippen molar-refractivity contribution in [3.05, 3.63) is 71.2 Å². The lowest BCUT2D eigenvalue weighted by molar-refractivity contribution is 0.0958. The van der Waals surface area contributed by atoms with E-state index in [1.54, 1.807) is 13.0 Å². The largest absolute Gasteiger partial charge is 0.453 e. The van der Waals surface area contributed by atoms with Crippen LogP contribution in [0.1, 0.15) is 47.0 Å². The van der Waals surface area contributed by atoms with Gasteiger partial charge in [-0.1, -0.05) is 36.8 Å². The van der Waals surface area contributed by atoms with E-state index in [-0.39, 0.29) is 24.2 Å². The van der Waals surface area contributed by atoms with Crippen LogP contribution in [0.2, 0.25) is 0 Å². The van der Waals surface area contributed by atoms with Gasteiger partial charge in [0.05, 0.1) is 6.54 Å². The summed E-state index contributed by atoms with van der Waals surface area (Å²) in [6.45, 7) is 4.87. The number of carbonyl (C=O) groups is 1. The molecule has 0 radical (unpaired) electrons. The van der Waals surface area contributed by atoms with E-state index in [9.17, 15) is 9.18 Å². The van der Waals surface area contributed by atoms with Gasteiger partial charge in [0.25, 0.3) is 0 Å². The Kier molecular flexibility index (Phi) is 6.07. The maximum Gasteiger partial charge on any atom is 0.212 e. The van der Waals surface area contributed by atoms with Crippen LogP contribution in [-0.4, -0.2) is 36.9 Å². The number of halogens is 1. The number of likely N-dealkylation sites (tertiary alicyclic amines) is 1. The Morgan fingerprint density at radius 3 is 2.66 bits per heavy atom. The van der Waals surface area contributed by atoms with Gasteiger partial charge in [-0.05, 0) is 56.6 Å². The lowest BCUT2D eigenvalue weighted by atomic mass is 10.0. The Morgan fingerprint density at radius 2 is 1.90 bits per heavy atom. The molecule has 2 aromatic carbocycles. The maximum absolute atomic E-state index is 13.5. The van der Waals surface area contributed by atoms with E-state index in [4.69, 9.17) is 4.42 Å². The van der Waals surface area contributed by atoms with Gasteiger partial charge in [-0.15, -0.1) is 0 Å². The normalized spacial score (nSPS) is 16.2. The second kappa shape index (κ2) is 8.89. The predicted molar refractivity (Wildman–Crippen MR) is 113 cm³/mol. The molecular formula is C24H27FN2O2. The van der Waals surface area contributed by atoms with Gasteiger partial charge in [-0.2, -0.15) is 0 Å². The fourth-order valence-electron chi connectivity index (χ4n) is 4.22. The van der Waals surface area contributed by atoms with E-state index in [0.717, 1.165) is 13.1 Å². The van der Waals surface area contributed by atoms with Crippen LogP contribution in [-0.2, 0) is 0 Å². The molecule has 0 spiro atoms. The van der Waals surface area contributed by atoms with Gasteiger partial charge in [0, 0.05) is 23.5 Å². The van der Waals surface area contributed by atoms with Crippen molar-refractivity contribution in [2.24, 2.45) is 0 Å².